The van der Waals surface area contributed by atoms with Crippen LogP contribution in [-0.4, -0.2) is 46.9 Å². The number of benzene rings is 2. The Hall–Kier alpha value is -4.14. The number of fused-ring (bicyclic) bond motifs is 1. The number of nitrogens with zero attached hydrogens (tertiary/aromatic N) is 4. The Kier molecular flexibility index (Phi) is 6.91. The number of nitrogens with one attached hydrogen (secondary N) is 1. The lowest BCUT2D eigenvalue weighted by atomic mass is 9.95. The lowest BCUT2D eigenvalue weighted by Gasteiger charge is -2.35. The van der Waals surface area contributed by atoms with Gasteiger partial charge < -0.3 is 19.7 Å². The number of amides is 1. The molecule has 0 fully saturated rings. The van der Waals surface area contributed by atoms with Crippen molar-refractivity contribution in [1.29, 1.82) is 0 Å². The lowest BCUT2D eigenvalue weighted by Crippen LogP contribution is -2.42. The van der Waals surface area contributed by atoms with E-state index in [1.165, 1.54) is 6.33 Å². The Morgan fingerprint density at radius 1 is 1.12 bits per heavy atom. The predicted molar refractivity (Wildman–Crippen MR) is 126 cm³/mol. The second-order valence-electron chi connectivity index (χ2n) is 7.75. The highest BCUT2D eigenvalue weighted by Crippen LogP contribution is 2.38. The average molecular weight is 462 g/mol. The first-order valence-corrected chi connectivity index (χ1v) is 11.0. The summed E-state index contributed by atoms with van der Waals surface area (Å²) < 4.78 is 12.3. The van der Waals surface area contributed by atoms with Crippen LogP contribution in [0.5, 0.6) is 5.75 Å². The van der Waals surface area contributed by atoms with Crippen LogP contribution in [0, 0.1) is 0 Å². The molecular weight excluding hydrogens is 434 g/mol. The summed E-state index contributed by atoms with van der Waals surface area (Å²) in [5.74, 6) is 0.534. The van der Waals surface area contributed by atoms with Gasteiger partial charge in [0.1, 0.15) is 24.7 Å². The quantitative estimate of drug-likeness (QED) is 0.515. The number of rotatable bonds is 8. The Morgan fingerprint density at radius 3 is 2.65 bits per heavy atom. The number of carbonyl (C=O) groups excluding carboxylic acids is 2. The zero-order valence-electron chi connectivity index (χ0n) is 19.4. The largest absolute Gasteiger partial charge is 0.497 e. The van der Waals surface area contributed by atoms with Crippen LogP contribution in [-0.2, 0) is 20.9 Å². The molecular formula is C25H27N5O4. The third-order valence-corrected chi connectivity index (χ3v) is 5.64. The molecule has 0 saturated heterocycles. The van der Waals surface area contributed by atoms with Crippen molar-refractivity contribution >= 4 is 17.8 Å². The van der Waals surface area contributed by atoms with E-state index >= 15 is 0 Å². The van der Waals surface area contributed by atoms with Crippen molar-refractivity contribution in [1.82, 2.24) is 20.1 Å². The third-order valence-electron chi connectivity index (χ3n) is 5.64. The summed E-state index contributed by atoms with van der Waals surface area (Å²) in [4.78, 5) is 32.0. The Bertz CT molecular complexity index is 1200. The number of allylic oxidation sites excluding steroid dienone is 1. The smallest absolute Gasteiger partial charge is 0.338 e. The number of anilines is 1. The van der Waals surface area contributed by atoms with Crippen molar-refractivity contribution in [2.45, 2.75) is 26.4 Å². The maximum Gasteiger partial charge on any atom is 0.338 e. The monoisotopic (exact) mass is 461 g/mol. The maximum atomic E-state index is 13.0. The Balaban J connectivity index is 1.62. The van der Waals surface area contributed by atoms with Crippen molar-refractivity contribution < 1.29 is 19.1 Å². The van der Waals surface area contributed by atoms with Crippen molar-refractivity contribution in [3.05, 3.63) is 83.3 Å². The van der Waals surface area contributed by atoms with Crippen LogP contribution >= 0.6 is 0 Å². The highest BCUT2D eigenvalue weighted by atomic mass is 16.5. The van der Waals surface area contributed by atoms with Gasteiger partial charge in [0.2, 0.25) is 11.9 Å². The van der Waals surface area contributed by atoms with E-state index in [4.69, 9.17) is 9.47 Å². The summed E-state index contributed by atoms with van der Waals surface area (Å²) in [6.07, 6.45) is 1.42. The molecule has 1 aromatic heterocycles. The molecule has 9 nitrogen and oxygen atoms in total. The maximum absolute atomic E-state index is 13.0. The van der Waals surface area contributed by atoms with Crippen LogP contribution in [0.25, 0.3) is 0 Å². The van der Waals surface area contributed by atoms with E-state index in [9.17, 15) is 9.59 Å². The molecule has 0 radical (unpaired) electrons. The molecule has 3 aromatic rings. The molecule has 0 spiro atoms. The zero-order valence-corrected chi connectivity index (χ0v) is 19.4. The molecule has 0 saturated carbocycles. The number of hydrogen-bond acceptors (Lipinski definition) is 7. The summed E-state index contributed by atoms with van der Waals surface area (Å²) in [7, 11) is 1.60. The van der Waals surface area contributed by atoms with Gasteiger partial charge in [0.15, 0.2) is 0 Å². The minimum absolute atomic E-state index is 0.0289. The molecule has 4 rings (SSSR count). The SMILES string of the molecule is CCOC(=O)C1=C(C)N(CC(=O)NCc2cccc(OC)c2)c2ncnn2[C@@H]1c1ccccc1. The lowest BCUT2D eigenvalue weighted by molar-refractivity contribution is -0.139. The van der Waals surface area contributed by atoms with Crippen LogP contribution < -0.4 is 15.0 Å². The van der Waals surface area contributed by atoms with Gasteiger partial charge in [-0.25, -0.2) is 9.48 Å². The number of aromatic nitrogens is 3. The van der Waals surface area contributed by atoms with Crippen LogP contribution in [0.1, 0.15) is 31.0 Å². The molecule has 1 amide bonds. The third kappa shape index (κ3) is 4.63. The molecule has 2 aromatic carbocycles. The van der Waals surface area contributed by atoms with Gasteiger partial charge >= 0.3 is 5.97 Å². The normalized spacial score (nSPS) is 15.0. The van der Waals surface area contributed by atoms with Gasteiger partial charge in [0.05, 0.1) is 19.3 Å². The van der Waals surface area contributed by atoms with Gasteiger partial charge in [0.25, 0.3) is 0 Å². The van der Waals surface area contributed by atoms with E-state index in [0.717, 1.165) is 16.9 Å². The summed E-state index contributed by atoms with van der Waals surface area (Å²) in [5, 5.41) is 7.31. The molecule has 0 aliphatic carbocycles. The van der Waals surface area contributed by atoms with E-state index in [1.807, 2.05) is 54.6 Å². The summed E-state index contributed by atoms with van der Waals surface area (Å²) in [5.41, 5.74) is 2.81. The fraction of sp³-hybridized carbons (Fsp3) is 0.280. The van der Waals surface area contributed by atoms with Gasteiger partial charge in [-0.3, -0.25) is 4.79 Å². The first-order valence-electron chi connectivity index (χ1n) is 11.0. The predicted octanol–water partition coefficient (Wildman–Crippen LogP) is 2.85. The van der Waals surface area contributed by atoms with E-state index in [0.29, 0.717) is 23.8 Å². The van der Waals surface area contributed by atoms with E-state index in [2.05, 4.69) is 15.4 Å². The fourth-order valence-corrected chi connectivity index (χ4v) is 4.02. The van der Waals surface area contributed by atoms with E-state index in [1.54, 1.807) is 30.5 Å². The summed E-state index contributed by atoms with van der Waals surface area (Å²) in [6.45, 7) is 4.12. The Morgan fingerprint density at radius 2 is 1.91 bits per heavy atom. The highest BCUT2D eigenvalue weighted by Gasteiger charge is 2.38. The molecule has 1 N–H and O–H groups in total. The van der Waals surface area contributed by atoms with Crippen LogP contribution in [0.3, 0.4) is 0 Å². The highest BCUT2D eigenvalue weighted by molar-refractivity contribution is 5.93. The zero-order chi connectivity index (χ0) is 24.1. The van der Waals surface area contributed by atoms with E-state index < -0.39 is 12.0 Å². The minimum atomic E-state index is -0.506. The second kappa shape index (κ2) is 10.2. The van der Waals surface area contributed by atoms with Gasteiger partial charge in [0, 0.05) is 12.2 Å². The Labute approximate surface area is 198 Å². The van der Waals surface area contributed by atoms with Gasteiger partial charge in [-0.15, -0.1) is 0 Å². The van der Waals surface area contributed by atoms with Crippen molar-refractivity contribution in [3.63, 3.8) is 0 Å². The van der Waals surface area contributed by atoms with Crippen molar-refractivity contribution in [3.8, 4) is 5.75 Å². The summed E-state index contributed by atoms with van der Waals surface area (Å²) in [6, 6.07) is 16.6. The van der Waals surface area contributed by atoms with Crippen molar-refractivity contribution in [2.24, 2.45) is 0 Å². The van der Waals surface area contributed by atoms with Gasteiger partial charge in [-0.1, -0.05) is 42.5 Å². The number of ether oxygens (including phenoxy) is 2. The van der Waals surface area contributed by atoms with Crippen LogP contribution in [0.2, 0.25) is 0 Å². The molecule has 34 heavy (non-hydrogen) atoms. The van der Waals surface area contributed by atoms with Gasteiger partial charge in [-0.2, -0.15) is 10.1 Å². The number of esters is 1. The van der Waals surface area contributed by atoms with E-state index in [-0.39, 0.29) is 19.1 Å². The van der Waals surface area contributed by atoms with Crippen molar-refractivity contribution in [2.75, 3.05) is 25.2 Å². The average Bonchev–Trinajstić information content (AvgIpc) is 3.34. The number of carbonyl (C=O) groups is 2. The molecule has 1 aliphatic heterocycles. The molecule has 0 unspecified atom stereocenters. The first kappa shape index (κ1) is 23.0. The van der Waals surface area contributed by atoms with Crippen LogP contribution in [0.4, 0.5) is 5.95 Å². The molecule has 2 heterocycles. The van der Waals surface area contributed by atoms with Gasteiger partial charge in [-0.05, 0) is 37.1 Å². The minimum Gasteiger partial charge on any atom is -0.497 e. The first-order chi connectivity index (χ1) is 16.5. The fourth-order valence-electron chi connectivity index (χ4n) is 4.02. The second-order valence-corrected chi connectivity index (χ2v) is 7.75. The molecule has 1 atom stereocenters. The standard InChI is InChI=1S/C25H27N5O4/c1-4-34-24(32)22-17(2)29(15-21(31)26-14-18-9-8-12-20(13-18)33-3)25-27-16-28-30(25)23(22)19-10-6-5-7-11-19/h5-13,16,23H,4,14-15H2,1-3H3,(H,26,31)/t23-/m1/s1. The number of hydrogen-bond donors (Lipinski definition) is 1. The molecule has 1 aliphatic rings. The molecule has 9 heteroatoms. The van der Waals surface area contributed by atoms with Crippen LogP contribution in [0.15, 0.2) is 72.2 Å². The summed E-state index contributed by atoms with van der Waals surface area (Å²) >= 11 is 0. The topological polar surface area (TPSA) is 98.6 Å². The number of methoxy groups -OCH3 is 1. The molecule has 0 bridgehead atoms. The molecule has 176 valence electrons.